The molecule has 0 aliphatic carbocycles. The van der Waals surface area contributed by atoms with E-state index in [4.69, 9.17) is 4.74 Å². The Morgan fingerprint density at radius 3 is 2.45 bits per heavy atom. The SMILES string of the molecule is CC(C)(C)OC(=O)NCCCNC(=O)c1ccc(Br)c(F)c1. The van der Waals surface area contributed by atoms with Crippen molar-refractivity contribution in [3.8, 4) is 0 Å². The standard InChI is InChI=1S/C15H20BrFN2O3/c1-15(2,3)22-14(21)19-8-4-7-18-13(20)10-5-6-11(16)12(17)9-10/h5-6,9H,4,7-8H2,1-3H3,(H,18,20)(H,19,21). The second-order valence-corrected chi connectivity index (χ2v) is 6.52. The Labute approximate surface area is 137 Å². The number of hydrogen-bond donors (Lipinski definition) is 2. The van der Waals surface area contributed by atoms with Crippen molar-refractivity contribution in [2.75, 3.05) is 13.1 Å². The van der Waals surface area contributed by atoms with Crippen LogP contribution in [0.25, 0.3) is 0 Å². The molecule has 122 valence electrons. The highest BCUT2D eigenvalue weighted by Crippen LogP contribution is 2.16. The van der Waals surface area contributed by atoms with E-state index in [0.717, 1.165) is 0 Å². The summed E-state index contributed by atoms with van der Waals surface area (Å²) < 4.78 is 18.7. The first-order chi connectivity index (χ1) is 10.2. The summed E-state index contributed by atoms with van der Waals surface area (Å²) in [5, 5.41) is 5.25. The van der Waals surface area contributed by atoms with Crippen molar-refractivity contribution >= 4 is 27.9 Å². The van der Waals surface area contributed by atoms with Gasteiger partial charge in [-0.05, 0) is 61.3 Å². The van der Waals surface area contributed by atoms with Crippen LogP contribution in [0.3, 0.4) is 0 Å². The zero-order valence-electron chi connectivity index (χ0n) is 12.8. The molecule has 2 N–H and O–H groups in total. The molecule has 1 rings (SSSR count). The quantitative estimate of drug-likeness (QED) is 0.777. The van der Waals surface area contributed by atoms with E-state index in [1.165, 1.54) is 18.2 Å². The molecule has 0 fully saturated rings. The van der Waals surface area contributed by atoms with Crippen molar-refractivity contribution in [1.29, 1.82) is 0 Å². The molecule has 0 aliphatic rings. The van der Waals surface area contributed by atoms with Gasteiger partial charge in [-0.3, -0.25) is 4.79 Å². The third-order valence-electron chi connectivity index (χ3n) is 2.49. The molecule has 0 saturated carbocycles. The maximum atomic E-state index is 13.3. The van der Waals surface area contributed by atoms with Crippen LogP contribution in [-0.2, 0) is 4.74 Å². The number of halogens is 2. The van der Waals surface area contributed by atoms with Gasteiger partial charge in [-0.1, -0.05) is 0 Å². The van der Waals surface area contributed by atoms with Gasteiger partial charge in [0.25, 0.3) is 5.91 Å². The molecular formula is C15H20BrFN2O3. The number of amides is 2. The van der Waals surface area contributed by atoms with Crippen LogP contribution in [-0.4, -0.2) is 30.7 Å². The molecule has 0 atom stereocenters. The Morgan fingerprint density at radius 1 is 1.23 bits per heavy atom. The van der Waals surface area contributed by atoms with E-state index in [2.05, 4.69) is 26.6 Å². The molecule has 0 aromatic heterocycles. The van der Waals surface area contributed by atoms with Crippen LogP contribution in [0.5, 0.6) is 0 Å². The van der Waals surface area contributed by atoms with Gasteiger partial charge in [-0.15, -0.1) is 0 Å². The molecule has 0 bridgehead atoms. The fourth-order valence-corrected chi connectivity index (χ4v) is 1.78. The zero-order chi connectivity index (χ0) is 16.8. The van der Waals surface area contributed by atoms with Gasteiger partial charge in [0, 0.05) is 18.7 Å². The summed E-state index contributed by atoms with van der Waals surface area (Å²) in [4.78, 5) is 23.2. The van der Waals surface area contributed by atoms with E-state index < -0.39 is 17.5 Å². The summed E-state index contributed by atoms with van der Waals surface area (Å²) in [5.74, 6) is -0.845. The van der Waals surface area contributed by atoms with E-state index >= 15 is 0 Å². The molecule has 0 radical (unpaired) electrons. The number of benzene rings is 1. The van der Waals surface area contributed by atoms with Crippen LogP contribution in [0.1, 0.15) is 37.6 Å². The summed E-state index contributed by atoms with van der Waals surface area (Å²) in [7, 11) is 0. The van der Waals surface area contributed by atoms with E-state index in [1.807, 2.05) is 0 Å². The molecule has 0 spiro atoms. The van der Waals surface area contributed by atoms with Gasteiger partial charge >= 0.3 is 6.09 Å². The molecule has 22 heavy (non-hydrogen) atoms. The zero-order valence-corrected chi connectivity index (χ0v) is 14.4. The predicted octanol–water partition coefficient (Wildman–Crippen LogP) is 3.23. The number of rotatable bonds is 5. The lowest BCUT2D eigenvalue weighted by Crippen LogP contribution is -2.34. The lowest BCUT2D eigenvalue weighted by atomic mass is 10.2. The lowest BCUT2D eigenvalue weighted by Gasteiger charge is -2.19. The van der Waals surface area contributed by atoms with Crippen LogP contribution >= 0.6 is 15.9 Å². The molecule has 0 aliphatic heterocycles. The van der Waals surface area contributed by atoms with Gasteiger partial charge in [0.05, 0.1) is 4.47 Å². The molecule has 2 amide bonds. The van der Waals surface area contributed by atoms with Crippen molar-refractivity contribution < 1.29 is 18.7 Å². The Balaban J connectivity index is 2.25. The average molecular weight is 375 g/mol. The first-order valence-corrected chi connectivity index (χ1v) is 7.68. The molecular weight excluding hydrogens is 355 g/mol. The lowest BCUT2D eigenvalue weighted by molar-refractivity contribution is 0.0527. The van der Waals surface area contributed by atoms with Gasteiger partial charge < -0.3 is 15.4 Å². The Bertz CT molecular complexity index is 544. The molecule has 0 heterocycles. The summed E-state index contributed by atoms with van der Waals surface area (Å²) >= 11 is 3.03. The predicted molar refractivity (Wildman–Crippen MR) is 85.3 cm³/mol. The molecule has 7 heteroatoms. The highest BCUT2D eigenvalue weighted by Gasteiger charge is 2.15. The van der Waals surface area contributed by atoms with Crippen LogP contribution in [0.15, 0.2) is 22.7 Å². The molecule has 1 aromatic carbocycles. The molecule has 1 aromatic rings. The molecule has 0 unspecified atom stereocenters. The van der Waals surface area contributed by atoms with Gasteiger partial charge in [0.1, 0.15) is 11.4 Å². The first-order valence-electron chi connectivity index (χ1n) is 6.89. The van der Waals surface area contributed by atoms with Gasteiger partial charge in [0.2, 0.25) is 0 Å². The minimum absolute atomic E-state index is 0.251. The summed E-state index contributed by atoms with van der Waals surface area (Å²) in [6.07, 6.45) is 0.0538. The Hall–Kier alpha value is -1.63. The van der Waals surface area contributed by atoms with Crippen molar-refractivity contribution in [3.05, 3.63) is 34.1 Å². The van der Waals surface area contributed by atoms with Crippen molar-refractivity contribution in [1.82, 2.24) is 10.6 Å². The van der Waals surface area contributed by atoms with Crippen LogP contribution < -0.4 is 10.6 Å². The minimum Gasteiger partial charge on any atom is -0.444 e. The highest BCUT2D eigenvalue weighted by atomic mass is 79.9. The van der Waals surface area contributed by atoms with E-state index in [0.29, 0.717) is 24.0 Å². The second-order valence-electron chi connectivity index (χ2n) is 5.67. The van der Waals surface area contributed by atoms with Crippen LogP contribution in [0.2, 0.25) is 0 Å². The Morgan fingerprint density at radius 2 is 1.86 bits per heavy atom. The smallest absolute Gasteiger partial charge is 0.407 e. The molecule has 5 nitrogen and oxygen atoms in total. The highest BCUT2D eigenvalue weighted by molar-refractivity contribution is 9.10. The Kier molecular flexibility index (Phi) is 6.80. The maximum Gasteiger partial charge on any atom is 0.407 e. The fourth-order valence-electron chi connectivity index (χ4n) is 1.53. The fraction of sp³-hybridized carbons (Fsp3) is 0.467. The number of ether oxygens (including phenoxy) is 1. The van der Waals surface area contributed by atoms with Crippen LogP contribution in [0.4, 0.5) is 9.18 Å². The second kappa shape index (κ2) is 8.12. The molecule has 0 saturated heterocycles. The number of nitrogens with one attached hydrogen (secondary N) is 2. The van der Waals surface area contributed by atoms with E-state index in [9.17, 15) is 14.0 Å². The summed E-state index contributed by atoms with van der Waals surface area (Å²) in [6, 6.07) is 4.17. The average Bonchev–Trinajstić information content (AvgIpc) is 2.39. The van der Waals surface area contributed by atoms with Crippen molar-refractivity contribution in [3.63, 3.8) is 0 Å². The van der Waals surface area contributed by atoms with Crippen molar-refractivity contribution in [2.45, 2.75) is 32.8 Å². The van der Waals surface area contributed by atoms with Crippen molar-refractivity contribution in [2.24, 2.45) is 0 Å². The van der Waals surface area contributed by atoms with Gasteiger partial charge in [-0.2, -0.15) is 0 Å². The first kappa shape index (κ1) is 18.4. The normalized spacial score (nSPS) is 11.0. The number of carbonyl (C=O) groups excluding carboxylic acids is 2. The third-order valence-corrected chi connectivity index (χ3v) is 3.13. The largest absolute Gasteiger partial charge is 0.444 e. The van der Waals surface area contributed by atoms with Gasteiger partial charge in [-0.25, -0.2) is 9.18 Å². The number of carbonyl (C=O) groups is 2. The van der Waals surface area contributed by atoms with Gasteiger partial charge in [0.15, 0.2) is 0 Å². The minimum atomic E-state index is -0.538. The summed E-state index contributed by atoms with van der Waals surface area (Å²) in [6.45, 7) is 6.09. The third kappa shape index (κ3) is 6.89. The monoisotopic (exact) mass is 374 g/mol. The van der Waals surface area contributed by atoms with E-state index in [-0.39, 0.29) is 11.5 Å². The number of alkyl carbamates (subject to hydrolysis) is 1. The van der Waals surface area contributed by atoms with Crippen LogP contribution in [0, 0.1) is 5.82 Å². The number of hydrogen-bond acceptors (Lipinski definition) is 3. The topological polar surface area (TPSA) is 67.4 Å². The van der Waals surface area contributed by atoms with E-state index in [1.54, 1.807) is 20.8 Å². The maximum absolute atomic E-state index is 13.3. The summed E-state index contributed by atoms with van der Waals surface area (Å²) in [5.41, 5.74) is -0.287.